The number of alkyl halides is 1. The topological polar surface area (TPSA) is 43.6 Å². The van der Waals surface area contributed by atoms with E-state index in [1.165, 1.54) is 18.6 Å². The van der Waals surface area contributed by atoms with Crippen LogP contribution >= 0.6 is 23.1 Å². The van der Waals surface area contributed by atoms with Crippen LogP contribution in [-0.2, 0) is 12.0 Å². The van der Waals surface area contributed by atoms with Gasteiger partial charge >= 0.3 is 0 Å². The molecule has 0 radical (unpaired) electrons. The van der Waals surface area contributed by atoms with E-state index in [1.54, 1.807) is 18.2 Å². The first kappa shape index (κ1) is 20.6. The van der Waals surface area contributed by atoms with E-state index in [2.05, 4.69) is 29.7 Å². The molecular weight excluding hydrogens is 375 g/mol. The van der Waals surface area contributed by atoms with Gasteiger partial charge in [-0.25, -0.2) is 0 Å². The van der Waals surface area contributed by atoms with Gasteiger partial charge in [0.2, 0.25) is 0 Å². The molecule has 2 rings (SSSR count). The maximum Gasteiger partial charge on any atom is 0.282 e. The van der Waals surface area contributed by atoms with Crippen molar-refractivity contribution in [2.75, 3.05) is 13.8 Å². The van der Waals surface area contributed by atoms with E-state index in [4.69, 9.17) is 16.3 Å². The van der Waals surface area contributed by atoms with Crippen molar-refractivity contribution in [2.24, 2.45) is 4.99 Å². The first-order valence-corrected chi connectivity index (χ1v) is 9.63. The van der Waals surface area contributed by atoms with Gasteiger partial charge in [-0.15, -0.1) is 0 Å². The van der Waals surface area contributed by atoms with Crippen LogP contribution < -0.4 is 9.41 Å². The highest BCUT2D eigenvalue weighted by Crippen LogP contribution is 2.28. The Balaban J connectivity index is 2.46. The third-order valence-corrected chi connectivity index (χ3v) is 5.50. The normalized spacial score (nSPS) is 12.5. The Kier molecular flexibility index (Phi) is 7.01. The van der Waals surface area contributed by atoms with Gasteiger partial charge < -0.3 is 4.74 Å². The van der Waals surface area contributed by atoms with Crippen molar-refractivity contribution in [1.29, 1.82) is 0 Å². The second-order valence-electron chi connectivity index (χ2n) is 6.93. The minimum absolute atomic E-state index is 0.121. The minimum atomic E-state index is -0.404. The molecule has 0 fully saturated rings. The van der Waals surface area contributed by atoms with Crippen LogP contribution in [-0.4, -0.2) is 23.6 Å². The predicted molar refractivity (Wildman–Crippen MR) is 104 cm³/mol. The van der Waals surface area contributed by atoms with Crippen LogP contribution in [0.3, 0.4) is 0 Å². The van der Waals surface area contributed by atoms with Gasteiger partial charge in [0.1, 0.15) is 10.4 Å². The molecule has 0 aliphatic heterocycles. The van der Waals surface area contributed by atoms with Gasteiger partial charge in [-0.2, -0.15) is 4.99 Å². The Morgan fingerprint density at radius 3 is 2.69 bits per heavy atom. The molecule has 0 unspecified atom stereocenters. The molecule has 1 heterocycles. The number of aryl methyl sites for hydroxylation is 1. The number of halogens is 2. The highest BCUT2D eigenvalue weighted by atomic mass is 35.5. The number of methoxy groups -OCH3 is 1. The van der Waals surface area contributed by atoms with Crippen LogP contribution in [0.5, 0.6) is 5.75 Å². The molecule has 0 N–H and O–H groups in total. The van der Waals surface area contributed by atoms with Crippen molar-refractivity contribution in [2.45, 2.75) is 45.6 Å². The van der Waals surface area contributed by atoms with Crippen LogP contribution in [0.1, 0.15) is 49.5 Å². The van der Waals surface area contributed by atoms with Gasteiger partial charge in [0.15, 0.2) is 0 Å². The number of amides is 1. The smallest absolute Gasteiger partial charge is 0.282 e. The summed E-state index contributed by atoms with van der Waals surface area (Å²) in [5, 5.41) is 0.368. The molecule has 0 atom stereocenters. The SMILES string of the molecule is COc1c(Cl)cccc1C(=O)/N=c1\sn(C(C)(C)C)cc1CCCCF. The van der Waals surface area contributed by atoms with Gasteiger partial charge in [-0.1, -0.05) is 17.7 Å². The number of para-hydroxylation sites is 1. The third-order valence-electron chi connectivity index (χ3n) is 3.83. The molecule has 4 nitrogen and oxygen atoms in total. The van der Waals surface area contributed by atoms with Gasteiger partial charge in [0.05, 0.1) is 24.4 Å². The van der Waals surface area contributed by atoms with Crippen LogP contribution in [0, 0.1) is 0 Å². The molecule has 1 aromatic heterocycles. The van der Waals surface area contributed by atoms with Gasteiger partial charge in [0, 0.05) is 17.3 Å². The lowest BCUT2D eigenvalue weighted by Gasteiger charge is -2.19. The lowest BCUT2D eigenvalue weighted by Crippen LogP contribution is -2.18. The lowest BCUT2D eigenvalue weighted by molar-refractivity contribution is 0.0996. The van der Waals surface area contributed by atoms with E-state index >= 15 is 0 Å². The Morgan fingerprint density at radius 1 is 1.35 bits per heavy atom. The highest BCUT2D eigenvalue weighted by Gasteiger charge is 2.18. The summed E-state index contributed by atoms with van der Waals surface area (Å²) in [6.07, 6.45) is 3.90. The number of rotatable bonds is 6. The van der Waals surface area contributed by atoms with E-state index in [1.807, 2.05) is 6.20 Å². The zero-order valence-electron chi connectivity index (χ0n) is 15.5. The standard InChI is InChI=1S/C19H24ClFN2O2S/c1-19(2,3)23-12-13(8-5-6-11-21)18(26-23)22-17(24)14-9-7-10-15(20)16(14)25-4/h7,9-10,12H,5-6,8,11H2,1-4H3/b22-18-. The first-order chi connectivity index (χ1) is 12.3. The van der Waals surface area contributed by atoms with Crippen molar-refractivity contribution in [3.8, 4) is 5.75 Å². The van der Waals surface area contributed by atoms with Crippen molar-refractivity contribution >= 4 is 29.0 Å². The van der Waals surface area contributed by atoms with E-state index in [-0.39, 0.29) is 12.2 Å². The van der Waals surface area contributed by atoms with E-state index in [0.29, 0.717) is 40.3 Å². The average molecular weight is 399 g/mol. The summed E-state index contributed by atoms with van der Waals surface area (Å²) >= 11 is 7.53. The van der Waals surface area contributed by atoms with Gasteiger partial charge in [0.25, 0.3) is 5.91 Å². The van der Waals surface area contributed by atoms with Crippen LogP contribution in [0.4, 0.5) is 4.39 Å². The lowest BCUT2D eigenvalue weighted by atomic mass is 10.1. The fraction of sp³-hybridized carbons (Fsp3) is 0.474. The molecule has 0 aliphatic carbocycles. The zero-order valence-corrected chi connectivity index (χ0v) is 17.1. The molecule has 0 saturated heterocycles. The number of benzene rings is 1. The summed E-state index contributed by atoms with van der Waals surface area (Å²) in [5.41, 5.74) is 1.16. The number of aromatic nitrogens is 1. The summed E-state index contributed by atoms with van der Waals surface area (Å²) in [6, 6.07) is 5.00. The quantitative estimate of drug-likeness (QED) is 0.642. The maximum absolute atomic E-state index is 12.7. The maximum atomic E-state index is 12.7. The molecule has 0 saturated carbocycles. The zero-order chi connectivity index (χ0) is 19.3. The third kappa shape index (κ3) is 4.95. The molecule has 26 heavy (non-hydrogen) atoms. The van der Waals surface area contributed by atoms with E-state index < -0.39 is 5.91 Å². The minimum Gasteiger partial charge on any atom is -0.494 e. The predicted octanol–water partition coefficient (Wildman–Crippen LogP) is 5.00. The van der Waals surface area contributed by atoms with Crippen LogP contribution in [0.15, 0.2) is 29.4 Å². The molecule has 0 bridgehead atoms. The highest BCUT2D eigenvalue weighted by molar-refractivity contribution is 7.04. The monoisotopic (exact) mass is 398 g/mol. The second kappa shape index (κ2) is 8.82. The van der Waals surface area contributed by atoms with Crippen molar-refractivity contribution in [3.05, 3.63) is 45.2 Å². The number of hydrogen-bond donors (Lipinski definition) is 0. The van der Waals surface area contributed by atoms with Crippen molar-refractivity contribution in [1.82, 2.24) is 3.96 Å². The Morgan fingerprint density at radius 2 is 2.08 bits per heavy atom. The number of carbonyl (C=O) groups is 1. The average Bonchev–Trinajstić information content (AvgIpc) is 2.98. The van der Waals surface area contributed by atoms with Crippen molar-refractivity contribution in [3.63, 3.8) is 0 Å². The van der Waals surface area contributed by atoms with Gasteiger partial charge in [-0.3, -0.25) is 13.1 Å². The number of nitrogens with zero attached hydrogens (tertiary/aromatic N) is 2. The number of carbonyl (C=O) groups excluding carboxylic acids is 1. The second-order valence-corrected chi connectivity index (χ2v) is 8.30. The van der Waals surface area contributed by atoms with Crippen molar-refractivity contribution < 1.29 is 13.9 Å². The summed E-state index contributed by atoms with van der Waals surface area (Å²) in [6.45, 7) is 5.91. The fourth-order valence-corrected chi connectivity index (χ4v) is 3.70. The van der Waals surface area contributed by atoms with Crippen LogP contribution in [0.25, 0.3) is 0 Å². The van der Waals surface area contributed by atoms with Crippen LogP contribution in [0.2, 0.25) is 5.02 Å². The molecular formula is C19H24ClFN2O2S. The van der Waals surface area contributed by atoms with Gasteiger partial charge in [-0.05, 0) is 63.7 Å². The summed E-state index contributed by atoms with van der Waals surface area (Å²) in [4.78, 5) is 17.0. The van der Waals surface area contributed by atoms with E-state index in [9.17, 15) is 9.18 Å². The summed E-state index contributed by atoms with van der Waals surface area (Å²) in [5.74, 6) is -0.0823. The fourth-order valence-electron chi connectivity index (χ4n) is 2.42. The molecule has 0 spiro atoms. The Labute approximate surface area is 162 Å². The molecule has 0 aliphatic rings. The Hall–Kier alpha value is -1.66. The Bertz CT molecular complexity index is 837. The summed E-state index contributed by atoms with van der Waals surface area (Å²) in [7, 11) is 1.47. The molecule has 7 heteroatoms. The molecule has 1 aromatic carbocycles. The molecule has 2 aromatic rings. The number of ether oxygens (including phenoxy) is 1. The molecule has 1 amide bonds. The largest absolute Gasteiger partial charge is 0.494 e. The number of unbranched alkanes of at least 4 members (excludes halogenated alkanes) is 1. The summed E-state index contributed by atoms with van der Waals surface area (Å²) < 4.78 is 20.4. The first-order valence-electron chi connectivity index (χ1n) is 8.47. The molecule has 142 valence electrons. The number of hydrogen-bond acceptors (Lipinski definition) is 3. The van der Waals surface area contributed by atoms with E-state index in [0.717, 1.165) is 5.56 Å².